The number of nitrogens with one attached hydrogen (secondary N) is 2. The van der Waals surface area contributed by atoms with Crippen LogP contribution in [0.5, 0.6) is 0 Å². The van der Waals surface area contributed by atoms with Gasteiger partial charge in [0.15, 0.2) is 0 Å². The van der Waals surface area contributed by atoms with Gasteiger partial charge in [-0.2, -0.15) is 4.91 Å². The van der Waals surface area contributed by atoms with Gasteiger partial charge in [-0.15, -0.1) is 0 Å². The van der Waals surface area contributed by atoms with Crippen LogP contribution in [0.15, 0.2) is 0 Å². The summed E-state index contributed by atoms with van der Waals surface area (Å²) >= 11 is 5.13. The molecule has 12 heavy (non-hydrogen) atoms. The van der Waals surface area contributed by atoms with Crippen molar-refractivity contribution in [1.82, 2.24) is 5.32 Å². The normalized spacial score (nSPS) is 28.7. The minimum atomic E-state index is 0.368. The maximum absolute atomic E-state index is 7.50. The molecule has 4 nitrogen and oxygen atoms in total. The van der Waals surface area contributed by atoms with Crippen LogP contribution < -0.4 is 5.32 Å². The van der Waals surface area contributed by atoms with E-state index >= 15 is 0 Å². The Balaban J connectivity index is 0.000000561. The quantitative estimate of drug-likeness (QED) is 0.340. The Morgan fingerprint density at radius 3 is 2.83 bits per heavy atom. The fraction of sp³-hybridized carbons (Fsp3) is 1.00. The van der Waals surface area contributed by atoms with E-state index in [-0.39, 0.29) is 0 Å². The summed E-state index contributed by atoms with van der Waals surface area (Å²) < 4.78 is 5.72. The van der Waals surface area contributed by atoms with Crippen LogP contribution in [0, 0.1) is 10.5 Å². The van der Waals surface area contributed by atoms with E-state index in [4.69, 9.17) is 9.64 Å². The van der Waals surface area contributed by atoms with Crippen LogP contribution in [0.2, 0.25) is 0 Å². The molecule has 7 heteroatoms. The number of hydrogen-bond acceptors (Lipinski definition) is 5. The molecule has 0 aliphatic carbocycles. The molecule has 0 aromatic heterocycles. The molecule has 0 aromatic rings. The van der Waals surface area contributed by atoms with E-state index in [0.717, 1.165) is 68.1 Å². The fourth-order valence-corrected chi connectivity index (χ4v) is 5.29. The molecule has 0 bridgehead atoms. The van der Waals surface area contributed by atoms with Crippen molar-refractivity contribution in [3.05, 3.63) is 4.91 Å². The van der Waals surface area contributed by atoms with Crippen LogP contribution in [-0.2, 0) is 4.74 Å². The first-order chi connectivity index (χ1) is 5.86. The van der Waals surface area contributed by atoms with Gasteiger partial charge in [-0.05, 0) is 0 Å². The number of morpholine rings is 1. The van der Waals surface area contributed by atoms with Crippen molar-refractivity contribution in [3.63, 3.8) is 0 Å². The van der Waals surface area contributed by atoms with E-state index in [1.165, 1.54) is 0 Å². The summed E-state index contributed by atoms with van der Waals surface area (Å²) in [6, 6.07) is 0. The molecule has 2 N–H and O–H groups in total. The summed E-state index contributed by atoms with van der Waals surface area (Å²) in [6.07, 6.45) is 1.17. The Morgan fingerprint density at radius 2 is 2.33 bits per heavy atom. The van der Waals surface area contributed by atoms with Gasteiger partial charge >= 0.3 is 102 Å². The molecule has 1 aliphatic rings. The standard InChI is InChI=1S/C5H11NOSSe.Ba.HNO/c8-3-4-1-6-2-5(9)7-4;;1-2/h4-6,8-9H,1-3H2;;1H/q;+1;/p-1. The zero-order valence-corrected chi connectivity index (χ0v) is 13.7. The predicted octanol–water partition coefficient (Wildman–Crippen LogP) is -0.650. The van der Waals surface area contributed by atoms with Crippen molar-refractivity contribution in [2.24, 2.45) is 0 Å². The van der Waals surface area contributed by atoms with Gasteiger partial charge in [0.2, 0.25) is 0 Å². The Morgan fingerprint density at radius 1 is 1.67 bits per heavy atom. The first-order valence-corrected chi connectivity index (χ1v) is 15.7. The Hall–Kier alpha value is 1.96. The Kier molecular flexibility index (Phi) is 11.1. The van der Waals surface area contributed by atoms with Crippen molar-refractivity contribution in [2.45, 2.75) is 11.1 Å². The third kappa shape index (κ3) is 5.64. The van der Waals surface area contributed by atoms with Gasteiger partial charge in [0.1, 0.15) is 0 Å². The van der Waals surface area contributed by atoms with Crippen LogP contribution in [0.25, 0.3) is 0 Å². The molecule has 1 fully saturated rings. The average molecular weight is 380 g/mol. The van der Waals surface area contributed by atoms with E-state index < -0.39 is 0 Å². The average Bonchev–Trinajstić information content (AvgIpc) is 2.21. The van der Waals surface area contributed by atoms with Gasteiger partial charge in [-0.1, -0.05) is 5.59 Å². The van der Waals surface area contributed by atoms with Crippen LogP contribution in [0.4, 0.5) is 0 Å². The van der Waals surface area contributed by atoms with Gasteiger partial charge < -0.3 is 0 Å². The number of hydrogen-bond donors (Lipinski definition) is 3. The number of ether oxygens (including phenoxy) is 1. The molecule has 0 amide bonds. The van der Waals surface area contributed by atoms with Crippen LogP contribution in [0.3, 0.4) is 0 Å². The molecule has 1 aliphatic heterocycles. The summed E-state index contributed by atoms with van der Waals surface area (Å²) in [7, 11) is 0. The van der Waals surface area contributed by atoms with Gasteiger partial charge in [0.05, 0.1) is 0 Å². The maximum atomic E-state index is 7.50. The van der Waals surface area contributed by atoms with E-state index in [1.54, 1.807) is 0 Å². The molecule has 1 rings (SSSR count). The summed E-state index contributed by atoms with van der Waals surface area (Å²) in [5.74, 6) is 0.855. The first kappa shape index (κ1) is 14.0. The number of rotatable bonds is 2. The number of nitroso groups, excluding NO2 is 1. The molecule has 0 aromatic carbocycles. The molecule has 1 radical (unpaired) electrons. The molecule has 2 unspecified atom stereocenters. The third-order valence-corrected chi connectivity index (χ3v) is 9.25. The van der Waals surface area contributed by atoms with Crippen LogP contribution in [-0.4, -0.2) is 79.2 Å². The van der Waals surface area contributed by atoms with Crippen LogP contribution in [0.1, 0.15) is 0 Å². The summed E-state index contributed by atoms with van der Waals surface area (Å²) in [6.45, 7) is 2.07. The number of thiol groups is 1. The summed E-state index contributed by atoms with van der Waals surface area (Å²) in [5.41, 5.74) is 4.50. The van der Waals surface area contributed by atoms with Crippen molar-refractivity contribution >= 4 is 61.9 Å². The van der Waals surface area contributed by atoms with E-state index in [0.29, 0.717) is 11.1 Å². The van der Waals surface area contributed by atoms with Crippen molar-refractivity contribution < 1.29 is 4.74 Å². The van der Waals surface area contributed by atoms with E-state index in [2.05, 4.69) is 23.5 Å². The molecular weight excluding hydrogens is 368 g/mol. The molecular formula is C5H11BaN2O2SSe. The Bertz CT molecular complexity index is 114. The van der Waals surface area contributed by atoms with Crippen molar-refractivity contribution in [3.8, 4) is 0 Å². The van der Waals surface area contributed by atoms with E-state index in [9.17, 15) is 0 Å². The zero-order chi connectivity index (χ0) is 9.40. The molecule has 0 spiro atoms. The van der Waals surface area contributed by atoms with E-state index in [1.807, 2.05) is 0 Å². The molecule has 0 saturated carbocycles. The van der Waals surface area contributed by atoms with Gasteiger partial charge in [-0.3, -0.25) is 0 Å². The van der Waals surface area contributed by atoms with Crippen molar-refractivity contribution in [1.29, 1.82) is 5.59 Å². The predicted molar refractivity (Wildman–Crippen MR) is 53.0 cm³/mol. The summed E-state index contributed by atoms with van der Waals surface area (Å²) in [4.78, 5) is 7.50. The zero-order valence-electron chi connectivity index (χ0n) is 6.66. The van der Waals surface area contributed by atoms with Crippen LogP contribution >= 0.6 is 12.6 Å². The SMILES string of the molecule is N=O.SCC1CNCC([Se][Ba])O1. The molecule has 2 atom stereocenters. The third-order valence-electron chi connectivity index (χ3n) is 1.42. The monoisotopic (exact) mass is 381 g/mol. The second kappa shape index (κ2) is 9.51. The van der Waals surface area contributed by atoms with Gasteiger partial charge in [0, 0.05) is 0 Å². The van der Waals surface area contributed by atoms with Gasteiger partial charge in [0.25, 0.3) is 0 Å². The molecule has 1 saturated heterocycles. The summed E-state index contributed by atoms with van der Waals surface area (Å²) in [5, 5.41) is 3.92. The van der Waals surface area contributed by atoms with Crippen molar-refractivity contribution in [2.75, 3.05) is 18.8 Å². The fourth-order valence-electron chi connectivity index (χ4n) is 0.879. The topological polar surface area (TPSA) is 62.2 Å². The first-order valence-electron chi connectivity index (χ1n) is 3.45. The molecule has 67 valence electrons. The second-order valence-electron chi connectivity index (χ2n) is 2.20. The molecule has 1 heterocycles. The minimum absolute atomic E-state index is 0.368. The Labute approximate surface area is 110 Å². The van der Waals surface area contributed by atoms with Gasteiger partial charge in [-0.25, -0.2) is 0 Å². The second-order valence-corrected chi connectivity index (χ2v) is 9.80.